The molecule has 0 bridgehead atoms. The fourth-order valence-corrected chi connectivity index (χ4v) is 3.32. The third-order valence-corrected chi connectivity index (χ3v) is 4.69. The number of benzene rings is 2. The van der Waals surface area contributed by atoms with E-state index in [4.69, 9.17) is 0 Å². The molecule has 2 aromatic carbocycles. The molecular formula is C20H19FN4O. The lowest BCUT2D eigenvalue weighted by molar-refractivity contribution is 0.102. The summed E-state index contributed by atoms with van der Waals surface area (Å²) in [6.45, 7) is 4.09. The van der Waals surface area contributed by atoms with E-state index in [1.54, 1.807) is 23.0 Å². The van der Waals surface area contributed by atoms with E-state index in [1.165, 1.54) is 29.6 Å². The van der Waals surface area contributed by atoms with Crippen molar-refractivity contribution < 1.29 is 9.18 Å². The Balaban J connectivity index is 1.59. The summed E-state index contributed by atoms with van der Waals surface area (Å²) in [6.07, 6.45) is 4.09. The minimum atomic E-state index is -0.321. The minimum absolute atomic E-state index is 0.257. The number of hydrogen-bond acceptors (Lipinski definition) is 3. The lowest BCUT2D eigenvalue weighted by Gasteiger charge is -2.17. The van der Waals surface area contributed by atoms with E-state index in [0.29, 0.717) is 11.4 Å². The number of nitrogens with zero attached hydrogens (tertiary/aromatic N) is 3. The van der Waals surface area contributed by atoms with Crippen molar-refractivity contribution in [3.63, 3.8) is 0 Å². The Labute approximate surface area is 151 Å². The Morgan fingerprint density at radius 3 is 2.81 bits per heavy atom. The summed E-state index contributed by atoms with van der Waals surface area (Å²) in [5.41, 5.74) is 4.31. The van der Waals surface area contributed by atoms with E-state index in [9.17, 15) is 9.18 Å². The van der Waals surface area contributed by atoms with Crippen LogP contribution in [0.5, 0.6) is 0 Å². The molecule has 26 heavy (non-hydrogen) atoms. The number of carbonyl (C=O) groups excluding carboxylic acids is 1. The van der Waals surface area contributed by atoms with Crippen molar-refractivity contribution >= 4 is 17.3 Å². The predicted molar refractivity (Wildman–Crippen MR) is 99.5 cm³/mol. The molecule has 2 heterocycles. The normalized spacial score (nSPS) is 12.9. The van der Waals surface area contributed by atoms with E-state index < -0.39 is 0 Å². The molecule has 0 spiro atoms. The van der Waals surface area contributed by atoms with Gasteiger partial charge in [0.05, 0.1) is 12.5 Å². The van der Waals surface area contributed by atoms with Gasteiger partial charge in [-0.05, 0) is 55.3 Å². The number of likely N-dealkylation sites (N-methyl/N-ethyl adjacent to an activating group) is 1. The van der Waals surface area contributed by atoms with Gasteiger partial charge in [0, 0.05) is 30.2 Å². The van der Waals surface area contributed by atoms with Crippen LogP contribution >= 0.6 is 0 Å². The second-order valence-electron chi connectivity index (χ2n) is 6.25. The summed E-state index contributed by atoms with van der Waals surface area (Å²) in [5, 5.41) is 2.94. The average molecular weight is 350 g/mol. The number of aromatic nitrogens is 2. The van der Waals surface area contributed by atoms with Crippen molar-refractivity contribution in [2.75, 3.05) is 23.3 Å². The smallest absolute Gasteiger partial charge is 0.274 e. The summed E-state index contributed by atoms with van der Waals surface area (Å²) < 4.78 is 14.8. The number of fused-ring (bicyclic) bond motifs is 1. The van der Waals surface area contributed by atoms with Gasteiger partial charge < -0.3 is 10.2 Å². The molecule has 4 rings (SSSR count). The Hall–Kier alpha value is -3.15. The number of rotatable bonds is 4. The van der Waals surface area contributed by atoms with Gasteiger partial charge in [0.15, 0.2) is 0 Å². The van der Waals surface area contributed by atoms with Crippen molar-refractivity contribution in [3.05, 3.63) is 72.1 Å². The summed E-state index contributed by atoms with van der Waals surface area (Å²) in [6, 6.07) is 12.0. The predicted octanol–water partition coefficient (Wildman–Crippen LogP) is 3.65. The fraction of sp³-hybridized carbons (Fsp3) is 0.200. The van der Waals surface area contributed by atoms with Gasteiger partial charge in [-0.25, -0.2) is 9.37 Å². The highest BCUT2D eigenvalue weighted by Crippen LogP contribution is 2.30. The standard InChI is InChI=1S/C20H19FN4O/c1-2-24-10-9-14-3-6-16(11-18(14)24)23-20(26)19-12-22-13-25(19)17-7-4-15(21)5-8-17/h3-8,11-13H,2,9-10H2,1H3,(H,23,26). The van der Waals surface area contributed by atoms with E-state index in [2.05, 4.69) is 28.2 Å². The monoisotopic (exact) mass is 350 g/mol. The average Bonchev–Trinajstić information content (AvgIpc) is 3.29. The van der Waals surface area contributed by atoms with Crippen LogP contribution in [-0.2, 0) is 6.42 Å². The largest absolute Gasteiger partial charge is 0.371 e. The fourth-order valence-electron chi connectivity index (χ4n) is 3.32. The van der Waals surface area contributed by atoms with Crippen molar-refractivity contribution in [2.24, 2.45) is 0 Å². The quantitative estimate of drug-likeness (QED) is 0.781. The van der Waals surface area contributed by atoms with Crippen LogP contribution in [0.25, 0.3) is 5.69 Å². The highest BCUT2D eigenvalue weighted by molar-refractivity contribution is 6.03. The Morgan fingerprint density at radius 2 is 2.04 bits per heavy atom. The van der Waals surface area contributed by atoms with Crippen molar-refractivity contribution in [2.45, 2.75) is 13.3 Å². The van der Waals surface area contributed by atoms with Gasteiger partial charge in [-0.2, -0.15) is 0 Å². The number of amides is 1. The van der Waals surface area contributed by atoms with Crippen molar-refractivity contribution in [1.29, 1.82) is 0 Å². The zero-order chi connectivity index (χ0) is 18.1. The molecule has 1 aliphatic heterocycles. The van der Waals surface area contributed by atoms with Gasteiger partial charge >= 0.3 is 0 Å². The van der Waals surface area contributed by atoms with Crippen LogP contribution in [-0.4, -0.2) is 28.5 Å². The van der Waals surface area contributed by atoms with E-state index >= 15 is 0 Å². The first-order chi connectivity index (χ1) is 12.7. The highest BCUT2D eigenvalue weighted by atomic mass is 19.1. The van der Waals surface area contributed by atoms with Gasteiger partial charge in [-0.1, -0.05) is 6.07 Å². The summed E-state index contributed by atoms with van der Waals surface area (Å²) in [7, 11) is 0. The molecule has 0 saturated heterocycles. The molecule has 3 aromatic rings. The lowest BCUT2D eigenvalue weighted by Crippen LogP contribution is -2.20. The Bertz CT molecular complexity index is 949. The van der Waals surface area contributed by atoms with Gasteiger partial charge in [0.25, 0.3) is 5.91 Å². The summed E-state index contributed by atoms with van der Waals surface area (Å²) in [4.78, 5) is 19.1. The second kappa shape index (κ2) is 6.63. The zero-order valence-corrected chi connectivity index (χ0v) is 14.4. The second-order valence-corrected chi connectivity index (χ2v) is 6.25. The maximum atomic E-state index is 13.1. The van der Waals surface area contributed by atoms with Crippen molar-refractivity contribution in [3.8, 4) is 5.69 Å². The first-order valence-corrected chi connectivity index (χ1v) is 8.63. The Morgan fingerprint density at radius 1 is 1.23 bits per heavy atom. The Kier molecular flexibility index (Phi) is 4.16. The molecule has 132 valence electrons. The van der Waals surface area contributed by atoms with Crippen LogP contribution in [0.2, 0.25) is 0 Å². The van der Waals surface area contributed by atoms with Gasteiger partial charge in [0.2, 0.25) is 0 Å². The van der Waals surface area contributed by atoms with Crippen LogP contribution in [0.15, 0.2) is 55.0 Å². The molecule has 1 aliphatic rings. The molecule has 0 radical (unpaired) electrons. The molecule has 1 aromatic heterocycles. The number of nitrogens with one attached hydrogen (secondary N) is 1. The molecule has 1 amide bonds. The number of halogens is 1. The third-order valence-electron chi connectivity index (χ3n) is 4.69. The van der Waals surface area contributed by atoms with Crippen LogP contribution in [0.3, 0.4) is 0 Å². The summed E-state index contributed by atoms with van der Waals surface area (Å²) >= 11 is 0. The highest BCUT2D eigenvalue weighted by Gasteiger charge is 2.19. The van der Waals surface area contributed by atoms with Crippen molar-refractivity contribution in [1.82, 2.24) is 9.55 Å². The molecule has 1 N–H and O–H groups in total. The molecule has 6 heteroatoms. The molecular weight excluding hydrogens is 331 g/mol. The van der Waals surface area contributed by atoms with Gasteiger partial charge in [0.1, 0.15) is 11.5 Å². The zero-order valence-electron chi connectivity index (χ0n) is 14.4. The first-order valence-electron chi connectivity index (χ1n) is 8.63. The van der Waals surface area contributed by atoms with Crippen LogP contribution in [0.1, 0.15) is 23.0 Å². The van der Waals surface area contributed by atoms with E-state index in [1.807, 2.05) is 12.1 Å². The summed E-state index contributed by atoms with van der Waals surface area (Å²) in [5.74, 6) is -0.577. The molecule has 0 saturated carbocycles. The molecule has 0 atom stereocenters. The third kappa shape index (κ3) is 2.94. The number of hydrogen-bond donors (Lipinski definition) is 1. The van der Waals surface area contributed by atoms with Crippen LogP contribution < -0.4 is 10.2 Å². The molecule has 0 unspecified atom stereocenters. The molecule has 0 aliphatic carbocycles. The van der Waals surface area contributed by atoms with Gasteiger partial charge in [-0.15, -0.1) is 0 Å². The maximum absolute atomic E-state index is 13.1. The minimum Gasteiger partial charge on any atom is -0.371 e. The topological polar surface area (TPSA) is 50.2 Å². The number of carbonyl (C=O) groups is 1. The molecule has 5 nitrogen and oxygen atoms in total. The first kappa shape index (κ1) is 16.3. The number of anilines is 2. The van der Waals surface area contributed by atoms with E-state index in [-0.39, 0.29) is 11.7 Å². The number of imidazole rings is 1. The van der Waals surface area contributed by atoms with Crippen LogP contribution in [0, 0.1) is 5.82 Å². The van der Waals surface area contributed by atoms with Crippen LogP contribution in [0.4, 0.5) is 15.8 Å². The maximum Gasteiger partial charge on any atom is 0.274 e. The van der Waals surface area contributed by atoms with E-state index in [0.717, 1.165) is 25.2 Å². The van der Waals surface area contributed by atoms with Gasteiger partial charge in [-0.3, -0.25) is 9.36 Å². The lowest BCUT2D eigenvalue weighted by atomic mass is 10.1. The SMILES string of the molecule is CCN1CCc2ccc(NC(=O)c3cncn3-c3ccc(F)cc3)cc21. The molecule has 0 fully saturated rings.